The molecule has 1 aliphatic heterocycles. The molecular formula is C15H15NO3. The zero-order chi connectivity index (χ0) is 13.4. The number of rotatable bonds is 3. The molecule has 0 saturated carbocycles. The molecule has 4 heteroatoms. The van der Waals surface area contributed by atoms with E-state index in [9.17, 15) is 9.90 Å². The predicted molar refractivity (Wildman–Crippen MR) is 71.2 cm³/mol. The van der Waals surface area contributed by atoms with E-state index >= 15 is 0 Å². The molecule has 1 atom stereocenters. The van der Waals surface area contributed by atoms with Crippen molar-refractivity contribution in [2.45, 2.75) is 25.9 Å². The van der Waals surface area contributed by atoms with E-state index in [0.29, 0.717) is 13.0 Å². The number of nitrogens with zero attached hydrogens (tertiary/aromatic N) is 1. The number of anilines is 1. The van der Waals surface area contributed by atoms with Gasteiger partial charge in [-0.1, -0.05) is 18.2 Å². The van der Waals surface area contributed by atoms with Gasteiger partial charge in [-0.25, -0.2) is 4.79 Å². The Morgan fingerprint density at radius 3 is 2.84 bits per heavy atom. The Labute approximate surface area is 111 Å². The van der Waals surface area contributed by atoms with E-state index in [0.717, 1.165) is 22.8 Å². The number of para-hydroxylation sites is 1. The number of fused-ring (bicyclic) bond motifs is 1. The summed E-state index contributed by atoms with van der Waals surface area (Å²) in [6.45, 7) is 2.37. The number of aliphatic carboxylic acids is 1. The summed E-state index contributed by atoms with van der Waals surface area (Å²) in [5.41, 5.74) is 2.07. The van der Waals surface area contributed by atoms with E-state index in [1.807, 2.05) is 48.2 Å². The lowest BCUT2D eigenvalue weighted by atomic mass is 10.1. The fourth-order valence-electron chi connectivity index (χ4n) is 2.60. The minimum atomic E-state index is -0.792. The summed E-state index contributed by atoms with van der Waals surface area (Å²) >= 11 is 0. The van der Waals surface area contributed by atoms with Crippen LogP contribution in [0.1, 0.15) is 17.1 Å². The van der Waals surface area contributed by atoms with E-state index in [1.165, 1.54) is 0 Å². The van der Waals surface area contributed by atoms with Crippen molar-refractivity contribution in [3.8, 4) is 0 Å². The maximum absolute atomic E-state index is 11.4. The van der Waals surface area contributed by atoms with Crippen LogP contribution in [0.25, 0.3) is 0 Å². The molecule has 1 aromatic carbocycles. The lowest BCUT2D eigenvalue weighted by Crippen LogP contribution is -2.37. The van der Waals surface area contributed by atoms with Crippen LogP contribution in [0.3, 0.4) is 0 Å². The molecule has 3 rings (SSSR count). The van der Waals surface area contributed by atoms with Gasteiger partial charge in [0.15, 0.2) is 0 Å². The predicted octanol–water partition coefficient (Wildman–Crippen LogP) is 2.60. The summed E-state index contributed by atoms with van der Waals surface area (Å²) < 4.78 is 5.55. The second-order valence-electron chi connectivity index (χ2n) is 4.83. The SMILES string of the molecule is Cc1ccc(CN2c3ccccc3CC2C(=O)O)o1. The van der Waals surface area contributed by atoms with E-state index in [4.69, 9.17) is 4.42 Å². The topological polar surface area (TPSA) is 53.7 Å². The number of furan rings is 1. The maximum Gasteiger partial charge on any atom is 0.326 e. The maximum atomic E-state index is 11.4. The van der Waals surface area contributed by atoms with Crippen molar-refractivity contribution in [1.82, 2.24) is 0 Å². The van der Waals surface area contributed by atoms with Gasteiger partial charge in [-0.3, -0.25) is 0 Å². The zero-order valence-electron chi connectivity index (χ0n) is 10.7. The Kier molecular flexibility index (Phi) is 2.78. The number of hydrogen-bond acceptors (Lipinski definition) is 3. The first kappa shape index (κ1) is 11.8. The Balaban J connectivity index is 1.93. The number of benzene rings is 1. The summed E-state index contributed by atoms with van der Waals surface area (Å²) in [6, 6.07) is 11.1. The minimum Gasteiger partial charge on any atom is -0.480 e. The lowest BCUT2D eigenvalue weighted by Gasteiger charge is -2.23. The van der Waals surface area contributed by atoms with Crippen LogP contribution in [0.2, 0.25) is 0 Å². The number of carboxylic acid groups (broad SMARTS) is 1. The smallest absolute Gasteiger partial charge is 0.326 e. The Bertz CT molecular complexity index is 617. The summed E-state index contributed by atoms with van der Waals surface area (Å²) in [5.74, 6) is 0.842. The number of hydrogen-bond donors (Lipinski definition) is 1. The highest BCUT2D eigenvalue weighted by Gasteiger charge is 2.34. The van der Waals surface area contributed by atoms with Gasteiger partial charge in [-0.05, 0) is 30.7 Å². The number of carbonyl (C=O) groups is 1. The molecule has 4 nitrogen and oxygen atoms in total. The van der Waals surface area contributed by atoms with Crippen molar-refractivity contribution >= 4 is 11.7 Å². The van der Waals surface area contributed by atoms with Crippen LogP contribution < -0.4 is 4.90 Å². The first-order valence-electron chi connectivity index (χ1n) is 6.28. The third kappa shape index (κ3) is 2.10. The van der Waals surface area contributed by atoms with Crippen LogP contribution in [-0.2, 0) is 17.8 Å². The Morgan fingerprint density at radius 2 is 2.16 bits per heavy atom. The third-order valence-electron chi connectivity index (χ3n) is 3.50. The summed E-state index contributed by atoms with van der Waals surface area (Å²) in [4.78, 5) is 13.3. The summed E-state index contributed by atoms with van der Waals surface area (Å²) in [6.07, 6.45) is 0.547. The van der Waals surface area contributed by atoms with Gasteiger partial charge in [-0.2, -0.15) is 0 Å². The Hall–Kier alpha value is -2.23. The highest BCUT2D eigenvalue weighted by Crippen LogP contribution is 2.33. The molecule has 0 saturated heterocycles. The van der Waals surface area contributed by atoms with Crippen LogP contribution in [0, 0.1) is 6.92 Å². The largest absolute Gasteiger partial charge is 0.480 e. The average Bonchev–Trinajstić information content (AvgIpc) is 2.95. The molecule has 0 bridgehead atoms. The van der Waals surface area contributed by atoms with Crippen LogP contribution in [0.4, 0.5) is 5.69 Å². The molecule has 0 spiro atoms. The molecule has 1 N–H and O–H groups in total. The van der Waals surface area contributed by atoms with E-state index < -0.39 is 12.0 Å². The fourth-order valence-corrected chi connectivity index (χ4v) is 2.60. The van der Waals surface area contributed by atoms with Crippen LogP contribution in [-0.4, -0.2) is 17.1 Å². The zero-order valence-corrected chi connectivity index (χ0v) is 10.7. The van der Waals surface area contributed by atoms with Gasteiger partial charge in [0.2, 0.25) is 0 Å². The quantitative estimate of drug-likeness (QED) is 0.918. The molecule has 1 unspecified atom stereocenters. The Morgan fingerprint density at radius 1 is 1.37 bits per heavy atom. The first-order chi connectivity index (χ1) is 9.15. The van der Waals surface area contributed by atoms with Crippen molar-refractivity contribution in [3.05, 3.63) is 53.5 Å². The standard InChI is InChI=1S/C15H15NO3/c1-10-6-7-12(19-10)9-16-13-5-3-2-4-11(13)8-14(16)15(17)18/h2-7,14H,8-9H2,1H3,(H,17,18). The van der Waals surface area contributed by atoms with Crippen molar-refractivity contribution in [1.29, 1.82) is 0 Å². The molecule has 2 heterocycles. The molecule has 1 aromatic heterocycles. The third-order valence-corrected chi connectivity index (χ3v) is 3.50. The number of carboxylic acids is 1. The molecule has 0 aliphatic carbocycles. The van der Waals surface area contributed by atoms with Gasteiger partial charge in [0.25, 0.3) is 0 Å². The van der Waals surface area contributed by atoms with Crippen LogP contribution in [0.15, 0.2) is 40.8 Å². The van der Waals surface area contributed by atoms with Crippen molar-refractivity contribution in [2.75, 3.05) is 4.90 Å². The average molecular weight is 257 g/mol. The molecule has 0 radical (unpaired) electrons. The highest BCUT2D eigenvalue weighted by molar-refractivity contribution is 5.82. The lowest BCUT2D eigenvalue weighted by molar-refractivity contribution is -0.138. The number of aryl methyl sites for hydroxylation is 1. The second kappa shape index (κ2) is 4.46. The van der Waals surface area contributed by atoms with Gasteiger partial charge in [-0.15, -0.1) is 0 Å². The first-order valence-corrected chi connectivity index (χ1v) is 6.28. The second-order valence-corrected chi connectivity index (χ2v) is 4.83. The monoisotopic (exact) mass is 257 g/mol. The van der Waals surface area contributed by atoms with E-state index in [1.54, 1.807) is 0 Å². The summed E-state index contributed by atoms with van der Waals surface area (Å²) in [7, 11) is 0. The van der Waals surface area contributed by atoms with Gasteiger partial charge < -0.3 is 14.4 Å². The van der Waals surface area contributed by atoms with Gasteiger partial charge >= 0.3 is 5.97 Å². The fraction of sp³-hybridized carbons (Fsp3) is 0.267. The van der Waals surface area contributed by atoms with Crippen LogP contribution >= 0.6 is 0 Å². The minimum absolute atomic E-state index is 0.488. The van der Waals surface area contributed by atoms with E-state index in [-0.39, 0.29) is 0 Å². The summed E-state index contributed by atoms with van der Waals surface area (Å²) in [5, 5.41) is 9.37. The molecule has 2 aromatic rings. The molecule has 19 heavy (non-hydrogen) atoms. The molecule has 0 amide bonds. The van der Waals surface area contributed by atoms with Crippen molar-refractivity contribution in [2.24, 2.45) is 0 Å². The highest BCUT2D eigenvalue weighted by atomic mass is 16.4. The van der Waals surface area contributed by atoms with Crippen molar-refractivity contribution in [3.63, 3.8) is 0 Å². The molecule has 1 aliphatic rings. The normalized spacial score (nSPS) is 17.5. The van der Waals surface area contributed by atoms with Crippen LogP contribution in [0.5, 0.6) is 0 Å². The van der Waals surface area contributed by atoms with Gasteiger partial charge in [0, 0.05) is 12.1 Å². The van der Waals surface area contributed by atoms with Gasteiger partial charge in [0.1, 0.15) is 17.6 Å². The van der Waals surface area contributed by atoms with Crippen molar-refractivity contribution < 1.29 is 14.3 Å². The molecule has 0 fully saturated rings. The molecular weight excluding hydrogens is 242 g/mol. The van der Waals surface area contributed by atoms with Gasteiger partial charge in [0.05, 0.1) is 6.54 Å². The molecule has 98 valence electrons. The van der Waals surface area contributed by atoms with E-state index in [2.05, 4.69) is 0 Å².